The number of aromatic nitrogens is 2. The van der Waals surface area contributed by atoms with E-state index in [0.29, 0.717) is 6.04 Å². The van der Waals surface area contributed by atoms with Gasteiger partial charge in [-0.3, -0.25) is 4.98 Å². The molecule has 1 aromatic heterocycles. The maximum Gasteiger partial charge on any atom is 0.147 e. The van der Waals surface area contributed by atoms with Crippen molar-refractivity contribution in [2.45, 2.75) is 58.9 Å². The van der Waals surface area contributed by atoms with Crippen LogP contribution < -0.4 is 10.6 Å². The van der Waals surface area contributed by atoms with Crippen LogP contribution in [0, 0.1) is 0 Å². The van der Waals surface area contributed by atoms with Crippen LogP contribution in [-0.4, -0.2) is 22.6 Å². The van der Waals surface area contributed by atoms with E-state index in [1.54, 1.807) is 12.4 Å². The lowest BCUT2D eigenvalue weighted by molar-refractivity contribution is 0.593. The standard InChI is InChI=1S/C14H26N4/c1-4-6-7-8-9-12(3)17-14-11-15-10-13(18-14)16-5-2/h10-12H,4-9H2,1-3H3,(H2,16,17,18). The minimum Gasteiger partial charge on any atom is -0.369 e. The van der Waals surface area contributed by atoms with Crippen molar-refractivity contribution in [3.63, 3.8) is 0 Å². The Morgan fingerprint density at radius 3 is 2.61 bits per heavy atom. The van der Waals surface area contributed by atoms with E-state index in [1.165, 1.54) is 32.1 Å². The minimum atomic E-state index is 0.452. The summed E-state index contributed by atoms with van der Waals surface area (Å²) in [6.45, 7) is 7.36. The van der Waals surface area contributed by atoms with Gasteiger partial charge in [-0.15, -0.1) is 0 Å². The van der Waals surface area contributed by atoms with Gasteiger partial charge in [0.2, 0.25) is 0 Å². The number of nitrogens with zero attached hydrogens (tertiary/aromatic N) is 2. The molecular weight excluding hydrogens is 224 g/mol. The average Bonchev–Trinajstić information content (AvgIpc) is 2.35. The van der Waals surface area contributed by atoms with Crippen molar-refractivity contribution in [3.05, 3.63) is 12.4 Å². The van der Waals surface area contributed by atoms with Crippen LogP contribution in [0.25, 0.3) is 0 Å². The SMILES string of the molecule is CCCCCCC(C)Nc1cncc(NCC)n1. The van der Waals surface area contributed by atoms with E-state index in [2.05, 4.69) is 41.4 Å². The number of unbranched alkanes of at least 4 members (excludes halogenated alkanes) is 3. The van der Waals surface area contributed by atoms with E-state index < -0.39 is 0 Å². The zero-order chi connectivity index (χ0) is 13.2. The van der Waals surface area contributed by atoms with E-state index >= 15 is 0 Å². The summed E-state index contributed by atoms with van der Waals surface area (Å²) in [5, 5.41) is 6.57. The van der Waals surface area contributed by atoms with Crippen molar-refractivity contribution in [1.82, 2.24) is 9.97 Å². The van der Waals surface area contributed by atoms with Crippen molar-refractivity contribution < 1.29 is 0 Å². The second-order valence-corrected chi connectivity index (χ2v) is 4.71. The molecule has 0 aliphatic rings. The van der Waals surface area contributed by atoms with Crippen molar-refractivity contribution in [1.29, 1.82) is 0 Å². The van der Waals surface area contributed by atoms with Crippen LogP contribution in [0.3, 0.4) is 0 Å². The zero-order valence-corrected chi connectivity index (χ0v) is 11.9. The van der Waals surface area contributed by atoms with Crippen LogP contribution in [0.4, 0.5) is 11.6 Å². The van der Waals surface area contributed by atoms with E-state index in [4.69, 9.17) is 0 Å². The summed E-state index contributed by atoms with van der Waals surface area (Å²) < 4.78 is 0. The summed E-state index contributed by atoms with van der Waals surface area (Å²) in [7, 11) is 0. The van der Waals surface area contributed by atoms with Gasteiger partial charge in [0, 0.05) is 12.6 Å². The third-order valence-electron chi connectivity index (χ3n) is 2.88. The van der Waals surface area contributed by atoms with E-state index in [-0.39, 0.29) is 0 Å². The van der Waals surface area contributed by atoms with Crippen LogP contribution in [0.5, 0.6) is 0 Å². The molecule has 1 heterocycles. The molecule has 0 aliphatic carbocycles. The third kappa shape index (κ3) is 5.84. The Morgan fingerprint density at radius 1 is 1.11 bits per heavy atom. The summed E-state index contributed by atoms with van der Waals surface area (Å²) in [6.07, 6.45) is 9.95. The molecule has 102 valence electrons. The number of hydrogen-bond acceptors (Lipinski definition) is 4. The lowest BCUT2D eigenvalue weighted by atomic mass is 10.1. The van der Waals surface area contributed by atoms with Gasteiger partial charge in [0.05, 0.1) is 12.4 Å². The fraction of sp³-hybridized carbons (Fsp3) is 0.714. The number of anilines is 2. The van der Waals surface area contributed by atoms with Gasteiger partial charge in [-0.05, 0) is 20.3 Å². The molecule has 0 aromatic carbocycles. The maximum absolute atomic E-state index is 4.46. The van der Waals surface area contributed by atoms with Crippen molar-refractivity contribution >= 4 is 11.6 Å². The highest BCUT2D eigenvalue weighted by Crippen LogP contribution is 2.11. The number of hydrogen-bond donors (Lipinski definition) is 2. The average molecular weight is 250 g/mol. The second kappa shape index (κ2) is 8.72. The molecule has 0 bridgehead atoms. The molecule has 4 nitrogen and oxygen atoms in total. The summed E-state index contributed by atoms with van der Waals surface area (Å²) in [5.74, 6) is 1.69. The summed E-state index contributed by atoms with van der Waals surface area (Å²) >= 11 is 0. The first kappa shape index (κ1) is 14.7. The highest BCUT2D eigenvalue weighted by molar-refractivity contribution is 5.41. The molecule has 0 fully saturated rings. The Kier molecular flexibility index (Phi) is 7.14. The fourth-order valence-electron chi connectivity index (χ4n) is 1.90. The molecule has 1 atom stereocenters. The highest BCUT2D eigenvalue weighted by atomic mass is 15.1. The quantitative estimate of drug-likeness (QED) is 0.656. The molecule has 18 heavy (non-hydrogen) atoms. The topological polar surface area (TPSA) is 49.8 Å². The molecule has 1 unspecified atom stereocenters. The summed E-state index contributed by atoms with van der Waals surface area (Å²) in [5.41, 5.74) is 0. The molecule has 0 saturated heterocycles. The largest absolute Gasteiger partial charge is 0.369 e. The van der Waals surface area contributed by atoms with E-state index in [1.807, 2.05) is 0 Å². The van der Waals surface area contributed by atoms with Crippen LogP contribution in [0.15, 0.2) is 12.4 Å². The molecule has 4 heteroatoms. The number of nitrogens with one attached hydrogen (secondary N) is 2. The summed E-state index contributed by atoms with van der Waals surface area (Å²) in [6, 6.07) is 0.452. The first-order chi connectivity index (χ1) is 8.76. The Morgan fingerprint density at radius 2 is 1.89 bits per heavy atom. The Bertz CT molecular complexity index is 327. The Balaban J connectivity index is 2.34. The molecule has 1 aromatic rings. The first-order valence-electron chi connectivity index (χ1n) is 7.08. The van der Waals surface area contributed by atoms with Gasteiger partial charge in [-0.25, -0.2) is 4.98 Å². The fourth-order valence-corrected chi connectivity index (χ4v) is 1.90. The van der Waals surface area contributed by atoms with E-state index in [9.17, 15) is 0 Å². The van der Waals surface area contributed by atoms with Gasteiger partial charge in [0.1, 0.15) is 11.6 Å². The minimum absolute atomic E-state index is 0.452. The second-order valence-electron chi connectivity index (χ2n) is 4.71. The molecule has 1 rings (SSSR count). The molecule has 0 aliphatic heterocycles. The monoisotopic (exact) mass is 250 g/mol. The maximum atomic E-state index is 4.46. The normalized spacial score (nSPS) is 12.2. The van der Waals surface area contributed by atoms with Crippen molar-refractivity contribution in [3.8, 4) is 0 Å². The molecule has 0 amide bonds. The molecule has 0 spiro atoms. The smallest absolute Gasteiger partial charge is 0.147 e. The third-order valence-corrected chi connectivity index (χ3v) is 2.88. The van der Waals surface area contributed by atoms with Gasteiger partial charge >= 0.3 is 0 Å². The predicted octanol–water partition coefficient (Wildman–Crippen LogP) is 3.68. The van der Waals surface area contributed by atoms with Gasteiger partial charge in [0.25, 0.3) is 0 Å². The Labute approximate surface area is 111 Å². The zero-order valence-electron chi connectivity index (χ0n) is 11.9. The number of rotatable bonds is 9. The lowest BCUT2D eigenvalue weighted by Gasteiger charge is -2.14. The van der Waals surface area contributed by atoms with Gasteiger partial charge in [-0.1, -0.05) is 32.6 Å². The van der Waals surface area contributed by atoms with Crippen LogP contribution in [0.1, 0.15) is 52.9 Å². The molecular formula is C14H26N4. The summed E-state index contributed by atoms with van der Waals surface area (Å²) in [4.78, 5) is 8.64. The van der Waals surface area contributed by atoms with Gasteiger partial charge in [0.15, 0.2) is 0 Å². The van der Waals surface area contributed by atoms with Gasteiger partial charge < -0.3 is 10.6 Å². The first-order valence-corrected chi connectivity index (χ1v) is 7.08. The van der Waals surface area contributed by atoms with E-state index in [0.717, 1.165) is 18.2 Å². The van der Waals surface area contributed by atoms with Crippen molar-refractivity contribution in [2.75, 3.05) is 17.2 Å². The molecule has 0 radical (unpaired) electrons. The van der Waals surface area contributed by atoms with Crippen LogP contribution in [0.2, 0.25) is 0 Å². The van der Waals surface area contributed by atoms with Crippen LogP contribution >= 0.6 is 0 Å². The van der Waals surface area contributed by atoms with Gasteiger partial charge in [-0.2, -0.15) is 0 Å². The Hall–Kier alpha value is -1.32. The lowest BCUT2D eigenvalue weighted by Crippen LogP contribution is -2.16. The predicted molar refractivity (Wildman–Crippen MR) is 78.0 cm³/mol. The highest BCUT2D eigenvalue weighted by Gasteiger charge is 2.03. The molecule has 2 N–H and O–H groups in total. The van der Waals surface area contributed by atoms with Crippen molar-refractivity contribution in [2.24, 2.45) is 0 Å². The van der Waals surface area contributed by atoms with Crippen LogP contribution in [-0.2, 0) is 0 Å². The molecule has 0 saturated carbocycles.